The maximum atomic E-state index is 12.3. The third kappa shape index (κ3) is 2.47. The lowest BCUT2D eigenvalue weighted by Gasteiger charge is -2.65. The zero-order chi connectivity index (χ0) is 19.0. The first-order valence-electron chi connectivity index (χ1n) is 10.3. The molecule has 7 atom stereocenters. The topological polar surface area (TPSA) is 60.4 Å². The van der Waals surface area contributed by atoms with E-state index in [-0.39, 0.29) is 21.4 Å². The van der Waals surface area contributed by atoms with Crippen LogP contribution in [0, 0.1) is 57.0 Å². The second-order valence-electron chi connectivity index (χ2n) is 10.7. The van der Waals surface area contributed by atoms with Crippen molar-refractivity contribution in [1.29, 1.82) is 0 Å². The second-order valence-corrected chi connectivity index (χ2v) is 10.7. The van der Waals surface area contributed by atoms with Gasteiger partial charge >= 0.3 is 5.97 Å². The number of carbonyl (C=O) groups is 1. The summed E-state index contributed by atoms with van der Waals surface area (Å²) >= 11 is 0. The van der Waals surface area contributed by atoms with Gasteiger partial charge in [0, 0.05) is 17.3 Å². The maximum Gasteiger partial charge on any atom is 0.309 e. The smallest absolute Gasteiger partial charge is 0.309 e. The van der Waals surface area contributed by atoms with Crippen LogP contribution >= 0.6 is 0 Å². The van der Waals surface area contributed by atoms with E-state index in [9.17, 15) is 15.1 Å². The number of hydrogen-bond donors (Lipinski definition) is 1. The Morgan fingerprint density at radius 1 is 1.23 bits per heavy atom. The lowest BCUT2D eigenvalue weighted by molar-refractivity contribution is -0.844. The fraction of sp³-hybridized carbons (Fsp3) is 0.864. The first kappa shape index (κ1) is 18.3. The summed E-state index contributed by atoms with van der Waals surface area (Å²) in [4.78, 5) is 12.1. The van der Waals surface area contributed by atoms with Crippen LogP contribution in [0.5, 0.6) is 0 Å². The van der Waals surface area contributed by atoms with Crippen LogP contribution in [0.25, 0.3) is 0 Å². The van der Waals surface area contributed by atoms with Crippen LogP contribution in [-0.2, 0) is 4.79 Å². The summed E-state index contributed by atoms with van der Waals surface area (Å²) in [7, 11) is 3.48. The van der Waals surface area contributed by atoms with Gasteiger partial charge in [0.2, 0.25) is 0 Å². The van der Waals surface area contributed by atoms with E-state index in [0.717, 1.165) is 44.9 Å². The molecule has 5 aliphatic carbocycles. The molecule has 1 N–H and O–H groups in total. The molecule has 3 saturated carbocycles. The van der Waals surface area contributed by atoms with E-state index in [4.69, 9.17) is 0 Å². The van der Waals surface area contributed by atoms with Gasteiger partial charge in [-0.2, -0.15) is 0 Å². The molecule has 1 spiro atoms. The van der Waals surface area contributed by atoms with Crippen molar-refractivity contribution in [2.24, 2.45) is 39.9 Å². The predicted molar refractivity (Wildman–Crippen MR) is 101 cm³/mol. The Bertz CT molecular complexity index is 686. The summed E-state index contributed by atoms with van der Waals surface area (Å²) in [6.07, 6.45) is 7.05. The molecule has 0 aromatic carbocycles. The van der Waals surface area contributed by atoms with E-state index in [1.54, 1.807) is 14.1 Å². The zero-order valence-electron chi connectivity index (χ0n) is 16.7. The minimum Gasteiger partial charge on any atom is -0.633 e. The summed E-state index contributed by atoms with van der Waals surface area (Å²) in [5, 5.41) is 22.3. The van der Waals surface area contributed by atoms with Gasteiger partial charge < -0.3 is 15.0 Å². The summed E-state index contributed by atoms with van der Waals surface area (Å²) in [6, 6.07) is 0. The van der Waals surface area contributed by atoms with Crippen molar-refractivity contribution in [2.45, 2.75) is 58.8 Å². The molecular formula is C22H33NO3. The Labute approximate surface area is 157 Å². The first-order valence-corrected chi connectivity index (χ1v) is 10.3. The van der Waals surface area contributed by atoms with Crippen LogP contribution in [0.15, 0.2) is 0 Å². The number of carboxylic acids is 1. The van der Waals surface area contributed by atoms with Gasteiger partial charge in [-0.15, -0.1) is 0 Å². The molecule has 0 aromatic rings. The molecule has 0 aliphatic heterocycles. The Morgan fingerprint density at radius 2 is 1.96 bits per heavy atom. The zero-order valence-corrected chi connectivity index (χ0v) is 16.7. The first-order chi connectivity index (χ1) is 12.0. The Kier molecular flexibility index (Phi) is 3.87. The molecule has 0 amide bonds. The fourth-order valence-electron chi connectivity index (χ4n) is 7.61. The molecule has 5 aliphatic rings. The fourth-order valence-corrected chi connectivity index (χ4v) is 7.61. The van der Waals surface area contributed by atoms with Gasteiger partial charge in [0.25, 0.3) is 0 Å². The summed E-state index contributed by atoms with van der Waals surface area (Å²) in [5.74, 6) is 8.04. The number of carboxylic acid groups (broad SMARTS) is 1. The summed E-state index contributed by atoms with van der Waals surface area (Å²) in [5.41, 5.74) is -0.494. The monoisotopic (exact) mass is 359 g/mol. The largest absolute Gasteiger partial charge is 0.633 e. The molecule has 0 heterocycles. The predicted octanol–water partition coefficient (Wildman–Crippen LogP) is 3.90. The van der Waals surface area contributed by atoms with Crippen molar-refractivity contribution in [3.8, 4) is 11.8 Å². The SMILES string of the molecule is C[C@@]12CCC[C@@](C)(C(=O)O)[C@H]1CC[C@@]13C#C[C@@H](C[C@H]12)[C@H](C[N+](C)(C)[O-])C3. The van der Waals surface area contributed by atoms with Crippen LogP contribution in [-0.4, -0.2) is 36.4 Å². The van der Waals surface area contributed by atoms with Crippen molar-refractivity contribution in [1.82, 2.24) is 0 Å². The number of hydrogen-bond acceptors (Lipinski definition) is 2. The van der Waals surface area contributed by atoms with Gasteiger partial charge in [0.15, 0.2) is 0 Å². The van der Waals surface area contributed by atoms with Crippen molar-refractivity contribution >= 4 is 5.97 Å². The van der Waals surface area contributed by atoms with E-state index < -0.39 is 11.4 Å². The highest BCUT2D eigenvalue weighted by Gasteiger charge is 2.65. The minimum absolute atomic E-state index is 0.0244. The lowest BCUT2D eigenvalue weighted by Crippen LogP contribution is -2.61. The lowest BCUT2D eigenvalue weighted by atomic mass is 9.38. The summed E-state index contributed by atoms with van der Waals surface area (Å²) < 4.78 is -0.236. The molecule has 4 nitrogen and oxygen atoms in total. The number of nitrogens with zero attached hydrogens (tertiary/aromatic N) is 1. The van der Waals surface area contributed by atoms with Gasteiger partial charge in [-0.05, 0) is 62.7 Å². The highest BCUT2D eigenvalue weighted by molar-refractivity contribution is 5.75. The summed E-state index contributed by atoms with van der Waals surface area (Å²) in [6.45, 7) is 5.01. The van der Waals surface area contributed by atoms with Gasteiger partial charge in [-0.3, -0.25) is 4.79 Å². The van der Waals surface area contributed by atoms with E-state index in [0.29, 0.717) is 24.3 Å². The van der Waals surface area contributed by atoms with Crippen molar-refractivity contribution in [3.05, 3.63) is 5.21 Å². The molecule has 26 heavy (non-hydrogen) atoms. The number of quaternary nitrogens is 1. The second kappa shape index (κ2) is 5.49. The molecule has 0 aromatic heterocycles. The molecule has 0 radical (unpaired) electrons. The van der Waals surface area contributed by atoms with E-state index in [2.05, 4.69) is 18.8 Å². The van der Waals surface area contributed by atoms with Crippen LogP contribution in [0.2, 0.25) is 0 Å². The van der Waals surface area contributed by atoms with Crippen LogP contribution in [0.1, 0.15) is 58.8 Å². The van der Waals surface area contributed by atoms with Gasteiger partial charge in [-0.1, -0.05) is 25.2 Å². The van der Waals surface area contributed by atoms with Gasteiger partial charge in [-0.25, -0.2) is 0 Å². The number of fused-ring (bicyclic) bond motifs is 2. The third-order valence-electron chi connectivity index (χ3n) is 8.67. The molecule has 0 unspecified atom stereocenters. The van der Waals surface area contributed by atoms with Gasteiger partial charge in [0.05, 0.1) is 26.1 Å². The average molecular weight is 360 g/mol. The average Bonchev–Trinajstić information content (AvgIpc) is 2.53. The molecular weight excluding hydrogens is 326 g/mol. The molecule has 0 saturated heterocycles. The van der Waals surface area contributed by atoms with E-state index in [1.165, 1.54) is 0 Å². The quantitative estimate of drug-likeness (QED) is 0.472. The molecule has 3 fully saturated rings. The van der Waals surface area contributed by atoms with Crippen molar-refractivity contribution in [3.63, 3.8) is 0 Å². The number of hydroxylamine groups is 3. The van der Waals surface area contributed by atoms with E-state index >= 15 is 0 Å². The highest BCUT2D eigenvalue weighted by Crippen LogP contribution is 2.69. The molecule has 5 rings (SSSR count). The number of aliphatic carboxylic acids is 1. The Balaban J connectivity index is 1.67. The van der Waals surface area contributed by atoms with Crippen molar-refractivity contribution < 1.29 is 14.5 Å². The third-order valence-corrected chi connectivity index (χ3v) is 8.67. The number of rotatable bonds is 3. The minimum atomic E-state index is -0.611. The van der Waals surface area contributed by atoms with Crippen molar-refractivity contribution in [2.75, 3.05) is 20.6 Å². The molecule has 4 heteroatoms. The van der Waals surface area contributed by atoms with Gasteiger partial charge in [0.1, 0.15) is 0 Å². The Morgan fingerprint density at radius 3 is 2.62 bits per heavy atom. The van der Waals surface area contributed by atoms with Crippen LogP contribution < -0.4 is 0 Å². The van der Waals surface area contributed by atoms with Crippen LogP contribution in [0.3, 0.4) is 0 Å². The normalized spacial score (nSPS) is 49.6. The maximum absolute atomic E-state index is 12.3. The Hall–Kier alpha value is -1.05. The van der Waals surface area contributed by atoms with E-state index in [1.807, 2.05) is 6.92 Å². The standard InChI is InChI=1S/C22H33NO3/c1-20-8-5-9-21(2,19(24)25)17(20)7-11-22-10-6-15(12-18(20)22)16(13-22)14-23(3,4)26/h15-18H,5,7-9,11-14H2,1-4H3,(H,24,25)/t15-,16-,17-,18-,20+,21+,22+/m0/s1. The van der Waals surface area contributed by atoms with Crippen LogP contribution in [0.4, 0.5) is 0 Å². The molecule has 144 valence electrons. The highest BCUT2D eigenvalue weighted by atomic mass is 16.5. The molecule has 2 bridgehead atoms.